The number of hydrogen-bond donors (Lipinski definition) is 1. The Bertz CT molecular complexity index is 418. The fourth-order valence-electron chi connectivity index (χ4n) is 4.99. The number of fused-ring (bicyclic) bond motifs is 1. The molecule has 23 heavy (non-hydrogen) atoms. The molecule has 0 spiro atoms. The van der Waals surface area contributed by atoms with E-state index in [-0.39, 0.29) is 17.6 Å². The van der Waals surface area contributed by atoms with E-state index in [9.17, 15) is 4.79 Å². The van der Waals surface area contributed by atoms with Gasteiger partial charge in [0.2, 0.25) is 0 Å². The fourth-order valence-corrected chi connectivity index (χ4v) is 4.99. The normalized spacial score (nSPS) is 35.0. The minimum atomic E-state index is 0.137. The van der Waals surface area contributed by atoms with Gasteiger partial charge in [-0.15, -0.1) is 0 Å². The summed E-state index contributed by atoms with van der Waals surface area (Å²) in [6.45, 7) is 9.29. The molecule has 2 aliphatic heterocycles. The first-order valence-electron chi connectivity index (χ1n) is 9.63. The number of likely N-dealkylation sites (tertiary alicyclic amines) is 1. The smallest absolute Gasteiger partial charge is 0.317 e. The minimum Gasteiger partial charge on any atom is -0.377 e. The molecule has 132 valence electrons. The molecule has 4 nitrogen and oxygen atoms in total. The van der Waals surface area contributed by atoms with Gasteiger partial charge < -0.3 is 15.0 Å². The first kappa shape index (κ1) is 17.1. The van der Waals surface area contributed by atoms with Gasteiger partial charge in [-0.25, -0.2) is 4.79 Å². The Labute approximate surface area is 141 Å². The van der Waals surface area contributed by atoms with Crippen molar-refractivity contribution in [1.29, 1.82) is 0 Å². The highest BCUT2D eigenvalue weighted by Gasteiger charge is 2.39. The fraction of sp³-hybridized carbons (Fsp3) is 0.947. The van der Waals surface area contributed by atoms with Crippen LogP contribution in [0.2, 0.25) is 0 Å². The van der Waals surface area contributed by atoms with Crippen molar-refractivity contribution >= 4 is 6.03 Å². The van der Waals surface area contributed by atoms with E-state index in [0.29, 0.717) is 12.0 Å². The lowest BCUT2D eigenvalue weighted by Gasteiger charge is -2.40. The first-order chi connectivity index (χ1) is 11.0. The second-order valence-corrected chi connectivity index (χ2v) is 8.84. The second kappa shape index (κ2) is 7.00. The summed E-state index contributed by atoms with van der Waals surface area (Å²) in [5.74, 6) is 1.20. The molecule has 0 bridgehead atoms. The number of nitrogens with one attached hydrogen (secondary N) is 1. The summed E-state index contributed by atoms with van der Waals surface area (Å²) in [4.78, 5) is 14.8. The van der Waals surface area contributed by atoms with Crippen LogP contribution in [0.4, 0.5) is 4.79 Å². The van der Waals surface area contributed by atoms with Crippen molar-refractivity contribution in [3.8, 4) is 0 Å². The quantitative estimate of drug-likeness (QED) is 0.840. The Morgan fingerprint density at radius 1 is 1.13 bits per heavy atom. The molecule has 4 atom stereocenters. The van der Waals surface area contributed by atoms with E-state index in [4.69, 9.17) is 4.74 Å². The van der Waals surface area contributed by atoms with Crippen LogP contribution >= 0.6 is 0 Å². The zero-order chi connectivity index (χ0) is 16.4. The lowest BCUT2D eigenvalue weighted by atomic mass is 9.78. The molecule has 4 heteroatoms. The van der Waals surface area contributed by atoms with Crippen LogP contribution in [0.5, 0.6) is 0 Å². The van der Waals surface area contributed by atoms with Gasteiger partial charge in [-0.1, -0.05) is 33.6 Å². The average Bonchev–Trinajstić information content (AvgIpc) is 2.96. The molecule has 1 saturated carbocycles. The van der Waals surface area contributed by atoms with E-state index in [0.717, 1.165) is 38.5 Å². The first-order valence-corrected chi connectivity index (χ1v) is 9.63. The maximum Gasteiger partial charge on any atom is 0.317 e. The molecule has 0 radical (unpaired) electrons. The van der Waals surface area contributed by atoms with Crippen LogP contribution in [0.25, 0.3) is 0 Å². The Hall–Kier alpha value is -0.770. The van der Waals surface area contributed by atoms with E-state index in [1.165, 1.54) is 32.1 Å². The molecule has 0 aromatic rings. The number of carbonyl (C=O) groups excluding carboxylic acids is 1. The highest BCUT2D eigenvalue weighted by atomic mass is 16.5. The van der Waals surface area contributed by atoms with Gasteiger partial charge >= 0.3 is 6.03 Å². The lowest BCUT2D eigenvalue weighted by Crippen LogP contribution is -2.49. The lowest BCUT2D eigenvalue weighted by molar-refractivity contribution is -0.0839. The third-order valence-electron chi connectivity index (χ3n) is 6.08. The molecule has 2 saturated heterocycles. The van der Waals surface area contributed by atoms with E-state index in [2.05, 4.69) is 31.0 Å². The van der Waals surface area contributed by atoms with E-state index in [1.54, 1.807) is 0 Å². The Morgan fingerprint density at radius 2 is 1.91 bits per heavy atom. The Kier molecular flexibility index (Phi) is 5.19. The number of ether oxygens (including phenoxy) is 1. The summed E-state index contributed by atoms with van der Waals surface area (Å²) in [6.07, 6.45) is 8.88. The second-order valence-electron chi connectivity index (χ2n) is 8.84. The third kappa shape index (κ3) is 3.84. The zero-order valence-electron chi connectivity index (χ0n) is 15.1. The standard InChI is InChI=1S/C19H34N2O2/c1-19(2,3)17-15(8-6-12-23-17)13-20-18(22)21-11-10-14-7-4-5-9-16(14)21/h14-17H,4-13H2,1-3H3,(H,20,22). The van der Waals surface area contributed by atoms with E-state index in [1.807, 2.05) is 0 Å². The van der Waals surface area contributed by atoms with Gasteiger partial charge in [0.15, 0.2) is 0 Å². The summed E-state index contributed by atoms with van der Waals surface area (Å²) in [5.41, 5.74) is 0.137. The van der Waals surface area contributed by atoms with Crippen molar-refractivity contribution in [3.63, 3.8) is 0 Å². The molecular formula is C19H34N2O2. The monoisotopic (exact) mass is 322 g/mol. The molecule has 3 aliphatic rings. The van der Waals surface area contributed by atoms with Gasteiger partial charge in [-0.05, 0) is 43.4 Å². The van der Waals surface area contributed by atoms with Crippen molar-refractivity contribution in [2.75, 3.05) is 19.7 Å². The molecule has 2 amide bonds. The molecule has 1 N–H and O–H groups in total. The highest BCUT2D eigenvalue weighted by molar-refractivity contribution is 5.75. The molecule has 0 aromatic carbocycles. The number of nitrogens with zero attached hydrogens (tertiary/aromatic N) is 1. The van der Waals surface area contributed by atoms with Gasteiger partial charge in [-0.3, -0.25) is 0 Å². The van der Waals surface area contributed by atoms with Gasteiger partial charge in [0.25, 0.3) is 0 Å². The predicted octanol–water partition coefficient (Wildman–Crippen LogP) is 3.80. The van der Waals surface area contributed by atoms with Crippen molar-refractivity contribution in [2.45, 2.75) is 77.9 Å². The van der Waals surface area contributed by atoms with Crippen LogP contribution in [0, 0.1) is 17.3 Å². The van der Waals surface area contributed by atoms with Crippen molar-refractivity contribution < 1.29 is 9.53 Å². The summed E-state index contributed by atoms with van der Waals surface area (Å²) in [5, 5.41) is 3.24. The van der Waals surface area contributed by atoms with Crippen molar-refractivity contribution in [2.24, 2.45) is 17.3 Å². The number of rotatable bonds is 2. The summed E-state index contributed by atoms with van der Waals surface area (Å²) in [7, 11) is 0. The number of hydrogen-bond acceptors (Lipinski definition) is 2. The number of urea groups is 1. The molecule has 2 heterocycles. The van der Waals surface area contributed by atoms with Gasteiger partial charge in [0, 0.05) is 31.7 Å². The topological polar surface area (TPSA) is 41.6 Å². The molecule has 3 rings (SSSR count). The minimum absolute atomic E-state index is 0.137. The molecule has 3 fully saturated rings. The maximum absolute atomic E-state index is 12.7. The Morgan fingerprint density at radius 3 is 2.70 bits per heavy atom. The number of amides is 2. The van der Waals surface area contributed by atoms with Crippen molar-refractivity contribution in [1.82, 2.24) is 10.2 Å². The van der Waals surface area contributed by atoms with E-state index < -0.39 is 0 Å². The molecule has 4 unspecified atom stereocenters. The number of carbonyl (C=O) groups is 1. The average molecular weight is 322 g/mol. The molecular weight excluding hydrogens is 288 g/mol. The van der Waals surface area contributed by atoms with Crippen LogP contribution in [0.3, 0.4) is 0 Å². The van der Waals surface area contributed by atoms with Crippen molar-refractivity contribution in [3.05, 3.63) is 0 Å². The highest BCUT2D eigenvalue weighted by Crippen LogP contribution is 2.36. The molecule has 0 aromatic heterocycles. The summed E-state index contributed by atoms with van der Waals surface area (Å²) in [6, 6.07) is 0.669. The summed E-state index contributed by atoms with van der Waals surface area (Å²) >= 11 is 0. The Balaban J connectivity index is 1.54. The van der Waals surface area contributed by atoms with Gasteiger partial charge in [0.1, 0.15) is 0 Å². The largest absolute Gasteiger partial charge is 0.377 e. The predicted molar refractivity (Wildman–Crippen MR) is 92.4 cm³/mol. The van der Waals surface area contributed by atoms with Crippen LogP contribution in [0.1, 0.15) is 65.7 Å². The maximum atomic E-state index is 12.7. The third-order valence-corrected chi connectivity index (χ3v) is 6.08. The van der Waals surface area contributed by atoms with Crippen LogP contribution in [0.15, 0.2) is 0 Å². The van der Waals surface area contributed by atoms with Crippen LogP contribution in [-0.4, -0.2) is 42.8 Å². The van der Waals surface area contributed by atoms with Gasteiger partial charge in [-0.2, -0.15) is 0 Å². The van der Waals surface area contributed by atoms with E-state index >= 15 is 0 Å². The molecule has 1 aliphatic carbocycles. The SMILES string of the molecule is CC(C)(C)C1OCCCC1CNC(=O)N1CCC2CCCCC21. The summed E-state index contributed by atoms with van der Waals surface area (Å²) < 4.78 is 6.03. The van der Waals surface area contributed by atoms with Crippen LogP contribution in [-0.2, 0) is 4.74 Å². The van der Waals surface area contributed by atoms with Gasteiger partial charge in [0.05, 0.1) is 6.10 Å². The zero-order valence-corrected chi connectivity index (χ0v) is 15.1. The van der Waals surface area contributed by atoms with Crippen LogP contribution < -0.4 is 5.32 Å².